The fourth-order valence-electron chi connectivity index (χ4n) is 1.49. The maximum atomic E-state index is 13.4. The van der Waals surface area contributed by atoms with E-state index in [9.17, 15) is 18.0 Å². The number of benzene rings is 1. The predicted molar refractivity (Wildman–Crippen MR) is 50.7 cm³/mol. The van der Waals surface area contributed by atoms with Crippen molar-refractivity contribution < 1.29 is 18.0 Å². The zero-order valence-corrected chi connectivity index (χ0v) is 8.48. The number of halogens is 3. The Morgan fingerprint density at radius 3 is 2.40 bits per heavy atom. The van der Waals surface area contributed by atoms with Gasteiger partial charge in [0.25, 0.3) is 6.43 Å². The van der Waals surface area contributed by atoms with Gasteiger partial charge < -0.3 is 0 Å². The molecule has 0 bridgehead atoms. The summed E-state index contributed by atoms with van der Waals surface area (Å²) in [4.78, 5) is 11.1. The molecule has 0 spiro atoms. The van der Waals surface area contributed by atoms with E-state index in [1.807, 2.05) is 0 Å². The van der Waals surface area contributed by atoms with Gasteiger partial charge in [0.2, 0.25) is 0 Å². The van der Waals surface area contributed by atoms with Gasteiger partial charge in [-0.1, -0.05) is 6.92 Å². The molecule has 0 aliphatic rings. The van der Waals surface area contributed by atoms with Crippen LogP contribution in [0.2, 0.25) is 0 Å². The molecular formula is C11H11F3O. The SMILES string of the molecule is CCc1cc(C(F)F)cc(F)c1C(C)=O. The summed E-state index contributed by atoms with van der Waals surface area (Å²) < 4.78 is 38.0. The summed E-state index contributed by atoms with van der Waals surface area (Å²) in [5.41, 5.74) is -0.131. The van der Waals surface area contributed by atoms with E-state index in [0.717, 1.165) is 6.07 Å². The van der Waals surface area contributed by atoms with E-state index in [1.54, 1.807) is 6.92 Å². The van der Waals surface area contributed by atoms with Crippen LogP contribution in [0.15, 0.2) is 12.1 Å². The second-order valence-corrected chi connectivity index (χ2v) is 3.25. The number of ketones is 1. The lowest BCUT2D eigenvalue weighted by atomic mass is 9.99. The highest BCUT2D eigenvalue weighted by molar-refractivity contribution is 5.95. The van der Waals surface area contributed by atoms with Gasteiger partial charge in [-0.2, -0.15) is 0 Å². The third-order valence-electron chi connectivity index (χ3n) is 2.18. The smallest absolute Gasteiger partial charge is 0.263 e. The third kappa shape index (κ3) is 2.37. The van der Waals surface area contributed by atoms with E-state index in [4.69, 9.17) is 0 Å². The summed E-state index contributed by atoms with van der Waals surface area (Å²) in [7, 11) is 0. The van der Waals surface area contributed by atoms with E-state index in [-0.39, 0.29) is 11.1 Å². The normalized spacial score (nSPS) is 10.8. The van der Waals surface area contributed by atoms with E-state index >= 15 is 0 Å². The van der Waals surface area contributed by atoms with Crippen molar-refractivity contribution in [2.24, 2.45) is 0 Å². The highest BCUT2D eigenvalue weighted by Crippen LogP contribution is 2.25. The van der Waals surface area contributed by atoms with Gasteiger partial charge in [-0.3, -0.25) is 4.79 Å². The second kappa shape index (κ2) is 4.47. The molecule has 1 aromatic carbocycles. The Bertz CT molecular complexity index is 386. The molecule has 0 amide bonds. The maximum Gasteiger partial charge on any atom is 0.263 e. The molecule has 0 saturated carbocycles. The fraction of sp³-hybridized carbons (Fsp3) is 0.364. The van der Waals surface area contributed by atoms with Gasteiger partial charge in [0.1, 0.15) is 5.82 Å². The van der Waals surface area contributed by atoms with E-state index in [1.165, 1.54) is 13.0 Å². The molecule has 1 aromatic rings. The first-order chi connectivity index (χ1) is 6.97. The Balaban J connectivity index is 3.37. The van der Waals surface area contributed by atoms with Crippen LogP contribution in [-0.4, -0.2) is 5.78 Å². The highest BCUT2D eigenvalue weighted by atomic mass is 19.3. The number of Topliss-reactive ketones (excluding diaryl/α,β-unsaturated/α-hetero) is 1. The monoisotopic (exact) mass is 216 g/mol. The molecule has 0 saturated heterocycles. The van der Waals surface area contributed by atoms with E-state index in [2.05, 4.69) is 0 Å². The number of carbonyl (C=O) groups is 1. The van der Waals surface area contributed by atoms with Crippen LogP contribution in [0.1, 0.15) is 41.8 Å². The third-order valence-corrected chi connectivity index (χ3v) is 2.18. The fourth-order valence-corrected chi connectivity index (χ4v) is 1.49. The molecule has 0 unspecified atom stereocenters. The second-order valence-electron chi connectivity index (χ2n) is 3.25. The number of alkyl halides is 2. The topological polar surface area (TPSA) is 17.1 Å². The predicted octanol–water partition coefficient (Wildman–Crippen LogP) is 3.53. The van der Waals surface area contributed by atoms with E-state index < -0.39 is 18.0 Å². The molecule has 15 heavy (non-hydrogen) atoms. The first-order valence-corrected chi connectivity index (χ1v) is 4.58. The number of hydrogen-bond acceptors (Lipinski definition) is 1. The van der Waals surface area contributed by atoms with Crippen molar-refractivity contribution in [1.29, 1.82) is 0 Å². The number of carbonyl (C=O) groups excluding carboxylic acids is 1. The van der Waals surface area contributed by atoms with Crippen LogP contribution in [0.3, 0.4) is 0 Å². The Kier molecular flexibility index (Phi) is 3.50. The van der Waals surface area contributed by atoms with Crippen molar-refractivity contribution in [3.63, 3.8) is 0 Å². The molecule has 1 rings (SSSR count). The Labute approximate surface area is 85.9 Å². The molecular weight excluding hydrogens is 205 g/mol. The average Bonchev–Trinajstić information content (AvgIpc) is 2.15. The molecule has 0 aliphatic carbocycles. The van der Waals surface area contributed by atoms with Crippen LogP contribution in [0.4, 0.5) is 13.2 Å². The lowest BCUT2D eigenvalue weighted by Crippen LogP contribution is -2.04. The number of hydrogen-bond donors (Lipinski definition) is 0. The van der Waals surface area contributed by atoms with Gasteiger partial charge in [-0.15, -0.1) is 0 Å². The Hall–Kier alpha value is -1.32. The van der Waals surface area contributed by atoms with Crippen LogP contribution in [-0.2, 0) is 6.42 Å². The summed E-state index contributed by atoms with van der Waals surface area (Å²) in [6, 6.07) is 1.91. The lowest BCUT2D eigenvalue weighted by Gasteiger charge is -2.09. The van der Waals surface area contributed by atoms with Crippen LogP contribution in [0.25, 0.3) is 0 Å². The molecule has 0 heterocycles. The maximum absolute atomic E-state index is 13.4. The zero-order valence-electron chi connectivity index (χ0n) is 8.48. The highest BCUT2D eigenvalue weighted by Gasteiger charge is 2.17. The van der Waals surface area contributed by atoms with E-state index in [0.29, 0.717) is 12.0 Å². The van der Waals surface area contributed by atoms with Gasteiger partial charge in [-0.05, 0) is 31.0 Å². The number of aryl methyl sites for hydroxylation is 1. The summed E-state index contributed by atoms with van der Waals surface area (Å²) >= 11 is 0. The van der Waals surface area contributed by atoms with Crippen molar-refractivity contribution in [1.82, 2.24) is 0 Å². The van der Waals surface area contributed by atoms with Crippen molar-refractivity contribution >= 4 is 5.78 Å². The quantitative estimate of drug-likeness (QED) is 0.706. The Morgan fingerprint density at radius 1 is 1.40 bits per heavy atom. The van der Waals surface area contributed by atoms with Crippen molar-refractivity contribution in [3.8, 4) is 0 Å². The van der Waals surface area contributed by atoms with Gasteiger partial charge in [0, 0.05) is 5.56 Å². The number of rotatable bonds is 3. The summed E-state index contributed by atoms with van der Waals surface area (Å²) in [5, 5.41) is 0. The van der Waals surface area contributed by atoms with Gasteiger partial charge in [-0.25, -0.2) is 13.2 Å². The largest absolute Gasteiger partial charge is 0.294 e. The van der Waals surface area contributed by atoms with Gasteiger partial charge in [0.15, 0.2) is 5.78 Å². The standard InChI is InChI=1S/C11H11F3O/c1-3-7-4-8(11(13)14)5-9(12)10(7)6(2)15/h4-5,11H,3H2,1-2H3. The first kappa shape index (κ1) is 11.8. The van der Waals surface area contributed by atoms with Crippen molar-refractivity contribution in [2.45, 2.75) is 26.7 Å². The van der Waals surface area contributed by atoms with Gasteiger partial charge >= 0.3 is 0 Å². The lowest BCUT2D eigenvalue weighted by molar-refractivity contribution is 0.101. The average molecular weight is 216 g/mol. The molecule has 0 radical (unpaired) electrons. The first-order valence-electron chi connectivity index (χ1n) is 4.58. The molecule has 0 atom stereocenters. The molecule has 0 fully saturated rings. The van der Waals surface area contributed by atoms with Crippen LogP contribution < -0.4 is 0 Å². The van der Waals surface area contributed by atoms with Gasteiger partial charge in [0.05, 0.1) is 5.56 Å². The minimum atomic E-state index is -2.72. The zero-order chi connectivity index (χ0) is 11.6. The molecule has 4 heteroatoms. The van der Waals surface area contributed by atoms with Crippen LogP contribution in [0.5, 0.6) is 0 Å². The van der Waals surface area contributed by atoms with Crippen molar-refractivity contribution in [2.75, 3.05) is 0 Å². The van der Waals surface area contributed by atoms with Crippen LogP contribution >= 0.6 is 0 Å². The molecule has 0 aliphatic heterocycles. The molecule has 0 aromatic heterocycles. The summed E-state index contributed by atoms with van der Waals surface area (Å²) in [6.45, 7) is 2.91. The van der Waals surface area contributed by atoms with Crippen molar-refractivity contribution in [3.05, 3.63) is 34.6 Å². The summed E-state index contributed by atoms with van der Waals surface area (Å²) in [5.74, 6) is -1.30. The van der Waals surface area contributed by atoms with Crippen LogP contribution in [0, 0.1) is 5.82 Å². The Morgan fingerprint density at radius 2 is 2.00 bits per heavy atom. The summed E-state index contributed by atoms with van der Waals surface area (Å²) in [6.07, 6.45) is -2.36. The minimum absolute atomic E-state index is 0.0816. The molecule has 1 nitrogen and oxygen atoms in total. The molecule has 82 valence electrons. The minimum Gasteiger partial charge on any atom is -0.294 e. The molecule has 0 N–H and O–H groups in total.